The summed E-state index contributed by atoms with van der Waals surface area (Å²) in [7, 11) is 3.94. The zero-order chi connectivity index (χ0) is 15.2. The van der Waals surface area contributed by atoms with E-state index in [-0.39, 0.29) is 0 Å². The molecule has 2 rings (SSSR count). The van der Waals surface area contributed by atoms with Crippen molar-refractivity contribution in [3.63, 3.8) is 0 Å². The smallest absolute Gasteiger partial charge is 0.123 e. The van der Waals surface area contributed by atoms with Crippen LogP contribution in [0.2, 0.25) is 0 Å². The van der Waals surface area contributed by atoms with Crippen LogP contribution in [0.4, 0.5) is 0 Å². The van der Waals surface area contributed by atoms with Crippen LogP contribution in [0.1, 0.15) is 30.9 Å². The van der Waals surface area contributed by atoms with Gasteiger partial charge in [0.05, 0.1) is 7.11 Å². The first-order chi connectivity index (χ1) is 10.2. The standard InChI is InChI=1S/C17H29N3O/c1-4-20-9-7-16(8-10-20)19(2)13-14-5-6-15(12-18)17(11-14)21-3/h5-6,11,16H,4,7-10,12-13,18H2,1-3H3. The molecular formula is C17H29N3O. The number of piperidine rings is 1. The lowest BCUT2D eigenvalue weighted by Crippen LogP contribution is -2.42. The number of methoxy groups -OCH3 is 1. The molecule has 0 amide bonds. The molecule has 1 heterocycles. The molecular weight excluding hydrogens is 262 g/mol. The van der Waals surface area contributed by atoms with Gasteiger partial charge in [0.1, 0.15) is 5.75 Å². The summed E-state index contributed by atoms with van der Waals surface area (Å²) < 4.78 is 5.43. The molecule has 0 aliphatic carbocycles. The van der Waals surface area contributed by atoms with Crippen LogP contribution in [-0.2, 0) is 13.1 Å². The second kappa shape index (κ2) is 7.78. The molecule has 1 aromatic rings. The van der Waals surface area contributed by atoms with Crippen molar-refractivity contribution >= 4 is 0 Å². The predicted octanol–water partition coefficient (Wildman–Crippen LogP) is 2.07. The summed E-state index contributed by atoms with van der Waals surface area (Å²) in [6.07, 6.45) is 2.53. The van der Waals surface area contributed by atoms with Crippen molar-refractivity contribution in [3.05, 3.63) is 29.3 Å². The minimum atomic E-state index is 0.523. The average molecular weight is 291 g/mol. The fourth-order valence-electron chi connectivity index (χ4n) is 3.15. The SMILES string of the molecule is CCN1CCC(N(C)Cc2ccc(CN)c(OC)c2)CC1. The number of likely N-dealkylation sites (tertiary alicyclic amines) is 1. The highest BCUT2D eigenvalue weighted by Crippen LogP contribution is 2.22. The van der Waals surface area contributed by atoms with Crippen molar-refractivity contribution in [2.45, 2.75) is 38.9 Å². The number of rotatable bonds is 6. The van der Waals surface area contributed by atoms with Gasteiger partial charge in [0.2, 0.25) is 0 Å². The van der Waals surface area contributed by atoms with Crippen LogP contribution >= 0.6 is 0 Å². The fourth-order valence-corrected chi connectivity index (χ4v) is 3.15. The maximum absolute atomic E-state index is 5.73. The lowest BCUT2D eigenvalue weighted by molar-refractivity contribution is 0.127. The van der Waals surface area contributed by atoms with E-state index in [0.29, 0.717) is 12.6 Å². The Balaban J connectivity index is 1.95. The van der Waals surface area contributed by atoms with Crippen molar-refractivity contribution in [2.75, 3.05) is 33.8 Å². The summed E-state index contributed by atoms with van der Waals surface area (Å²) in [6.45, 7) is 7.36. The summed E-state index contributed by atoms with van der Waals surface area (Å²) in [5.74, 6) is 0.907. The van der Waals surface area contributed by atoms with E-state index in [1.165, 1.54) is 38.0 Å². The van der Waals surface area contributed by atoms with Gasteiger partial charge in [0, 0.05) is 24.7 Å². The van der Waals surface area contributed by atoms with Crippen molar-refractivity contribution in [2.24, 2.45) is 5.73 Å². The molecule has 0 atom stereocenters. The molecule has 0 radical (unpaired) electrons. The second-order valence-electron chi connectivity index (χ2n) is 5.93. The number of nitrogens with two attached hydrogens (primary N) is 1. The Kier molecular flexibility index (Phi) is 6.03. The van der Waals surface area contributed by atoms with Gasteiger partial charge < -0.3 is 15.4 Å². The van der Waals surface area contributed by atoms with Gasteiger partial charge in [-0.15, -0.1) is 0 Å². The molecule has 1 saturated heterocycles. The molecule has 1 aliphatic rings. The lowest BCUT2D eigenvalue weighted by Gasteiger charge is -2.36. The third kappa shape index (κ3) is 4.19. The number of benzene rings is 1. The zero-order valence-corrected chi connectivity index (χ0v) is 13.6. The van der Waals surface area contributed by atoms with E-state index in [2.05, 4.69) is 42.0 Å². The Morgan fingerprint density at radius 2 is 2.05 bits per heavy atom. The summed E-state index contributed by atoms with van der Waals surface area (Å²) in [5, 5.41) is 0. The molecule has 1 aromatic carbocycles. The normalized spacial score (nSPS) is 17.4. The van der Waals surface area contributed by atoms with E-state index < -0.39 is 0 Å². The van der Waals surface area contributed by atoms with E-state index in [1.54, 1.807) is 7.11 Å². The highest BCUT2D eigenvalue weighted by molar-refractivity contribution is 5.37. The van der Waals surface area contributed by atoms with Crippen LogP contribution in [-0.4, -0.2) is 49.6 Å². The first-order valence-electron chi connectivity index (χ1n) is 7.96. The Hall–Kier alpha value is -1.10. The van der Waals surface area contributed by atoms with Gasteiger partial charge in [0.25, 0.3) is 0 Å². The first kappa shape index (κ1) is 16.3. The average Bonchev–Trinajstić information content (AvgIpc) is 2.54. The van der Waals surface area contributed by atoms with Gasteiger partial charge in [-0.2, -0.15) is 0 Å². The topological polar surface area (TPSA) is 41.7 Å². The highest BCUT2D eigenvalue weighted by Gasteiger charge is 2.21. The number of hydrogen-bond acceptors (Lipinski definition) is 4. The second-order valence-corrected chi connectivity index (χ2v) is 5.93. The molecule has 0 aromatic heterocycles. The van der Waals surface area contributed by atoms with Gasteiger partial charge in [-0.25, -0.2) is 0 Å². The third-order valence-corrected chi connectivity index (χ3v) is 4.63. The minimum absolute atomic E-state index is 0.523. The Morgan fingerprint density at radius 3 is 2.62 bits per heavy atom. The molecule has 0 bridgehead atoms. The van der Waals surface area contributed by atoms with Crippen molar-refractivity contribution in [1.82, 2.24) is 9.80 Å². The summed E-state index contributed by atoms with van der Waals surface area (Å²) in [6, 6.07) is 7.07. The predicted molar refractivity (Wildman–Crippen MR) is 87.5 cm³/mol. The van der Waals surface area contributed by atoms with Crippen LogP contribution in [0.15, 0.2) is 18.2 Å². The van der Waals surface area contributed by atoms with Crippen LogP contribution in [0.3, 0.4) is 0 Å². The summed E-state index contributed by atoms with van der Waals surface area (Å²) >= 11 is 0. The molecule has 118 valence electrons. The van der Waals surface area contributed by atoms with Crippen LogP contribution < -0.4 is 10.5 Å². The van der Waals surface area contributed by atoms with E-state index in [9.17, 15) is 0 Å². The third-order valence-electron chi connectivity index (χ3n) is 4.63. The zero-order valence-electron chi connectivity index (χ0n) is 13.6. The van der Waals surface area contributed by atoms with Crippen LogP contribution in [0.5, 0.6) is 5.75 Å². The molecule has 0 spiro atoms. The monoisotopic (exact) mass is 291 g/mol. The van der Waals surface area contributed by atoms with Gasteiger partial charge in [-0.1, -0.05) is 19.1 Å². The molecule has 1 aliphatic heterocycles. The van der Waals surface area contributed by atoms with Gasteiger partial charge >= 0.3 is 0 Å². The maximum Gasteiger partial charge on any atom is 0.123 e. The van der Waals surface area contributed by atoms with Crippen LogP contribution in [0.25, 0.3) is 0 Å². The number of nitrogens with zero attached hydrogens (tertiary/aromatic N) is 2. The fraction of sp³-hybridized carbons (Fsp3) is 0.647. The molecule has 0 saturated carbocycles. The molecule has 4 heteroatoms. The molecule has 21 heavy (non-hydrogen) atoms. The lowest BCUT2D eigenvalue weighted by atomic mass is 10.0. The highest BCUT2D eigenvalue weighted by atomic mass is 16.5. The first-order valence-corrected chi connectivity index (χ1v) is 7.96. The molecule has 4 nitrogen and oxygen atoms in total. The summed E-state index contributed by atoms with van der Waals surface area (Å²) in [4.78, 5) is 5.01. The van der Waals surface area contributed by atoms with Crippen LogP contribution in [0, 0.1) is 0 Å². The van der Waals surface area contributed by atoms with Gasteiger partial charge in [0.15, 0.2) is 0 Å². The largest absolute Gasteiger partial charge is 0.496 e. The van der Waals surface area contributed by atoms with E-state index in [4.69, 9.17) is 10.5 Å². The Bertz CT molecular complexity index is 442. The van der Waals surface area contributed by atoms with Gasteiger partial charge in [-0.3, -0.25) is 4.90 Å². The number of ether oxygens (including phenoxy) is 1. The van der Waals surface area contributed by atoms with E-state index in [0.717, 1.165) is 17.9 Å². The Morgan fingerprint density at radius 1 is 1.33 bits per heavy atom. The minimum Gasteiger partial charge on any atom is -0.496 e. The van der Waals surface area contributed by atoms with Gasteiger partial charge in [-0.05, 0) is 51.2 Å². The van der Waals surface area contributed by atoms with E-state index in [1.807, 2.05) is 0 Å². The molecule has 0 unspecified atom stereocenters. The van der Waals surface area contributed by atoms with E-state index >= 15 is 0 Å². The molecule has 1 fully saturated rings. The van der Waals surface area contributed by atoms with Crippen molar-refractivity contribution < 1.29 is 4.74 Å². The summed E-state index contributed by atoms with van der Waals surface area (Å²) in [5.41, 5.74) is 8.09. The number of hydrogen-bond donors (Lipinski definition) is 1. The molecule has 2 N–H and O–H groups in total. The van der Waals surface area contributed by atoms with Crippen molar-refractivity contribution in [3.8, 4) is 5.75 Å². The van der Waals surface area contributed by atoms with Crippen molar-refractivity contribution in [1.29, 1.82) is 0 Å². The quantitative estimate of drug-likeness (QED) is 0.871. The maximum atomic E-state index is 5.73. The Labute approximate surface area is 128 Å².